The van der Waals surface area contributed by atoms with Gasteiger partial charge in [0.05, 0.1) is 12.8 Å². The van der Waals surface area contributed by atoms with Crippen molar-refractivity contribution < 1.29 is 14.3 Å². The van der Waals surface area contributed by atoms with Crippen molar-refractivity contribution in [2.45, 2.75) is 13.8 Å². The first-order valence-electron chi connectivity index (χ1n) is 8.60. The van der Waals surface area contributed by atoms with Gasteiger partial charge in [-0.3, -0.25) is 4.79 Å². The van der Waals surface area contributed by atoms with E-state index in [-0.39, 0.29) is 5.91 Å². The van der Waals surface area contributed by atoms with Crippen LogP contribution < -0.4 is 0 Å². The van der Waals surface area contributed by atoms with Gasteiger partial charge in [0.2, 0.25) is 0 Å². The van der Waals surface area contributed by atoms with Gasteiger partial charge in [0, 0.05) is 42.9 Å². The highest BCUT2D eigenvalue weighted by atomic mass is 16.5. The molecule has 2 aromatic heterocycles. The lowest BCUT2D eigenvalue weighted by molar-refractivity contribution is -0.133. The number of carbonyl (C=O) groups excluding carboxylic acids is 2. The van der Waals surface area contributed by atoms with Crippen LogP contribution in [0.15, 0.2) is 30.3 Å². The number of esters is 1. The summed E-state index contributed by atoms with van der Waals surface area (Å²) in [7, 11) is 4.68. The summed E-state index contributed by atoms with van der Waals surface area (Å²) < 4.78 is 6.24. The highest BCUT2D eigenvalue weighted by Gasteiger charge is 2.15. The summed E-state index contributed by atoms with van der Waals surface area (Å²) in [6.07, 6.45) is 0. The van der Waals surface area contributed by atoms with Crippen LogP contribution in [0.4, 0.5) is 0 Å². The van der Waals surface area contributed by atoms with E-state index in [4.69, 9.17) is 0 Å². The van der Waals surface area contributed by atoms with Crippen LogP contribution in [-0.2, 0) is 9.53 Å². The van der Waals surface area contributed by atoms with Gasteiger partial charge in [-0.05, 0) is 37.6 Å². The summed E-state index contributed by atoms with van der Waals surface area (Å²) in [4.78, 5) is 29.3. The zero-order valence-corrected chi connectivity index (χ0v) is 16.4. The molecule has 0 fully saturated rings. The Hall–Kier alpha value is -3.66. The van der Waals surface area contributed by atoms with E-state index in [0.717, 1.165) is 22.5 Å². The normalized spacial score (nSPS) is 10.3. The van der Waals surface area contributed by atoms with E-state index >= 15 is 0 Å². The molecule has 0 spiro atoms. The van der Waals surface area contributed by atoms with Crippen LogP contribution in [0, 0.1) is 25.7 Å². The lowest BCUT2D eigenvalue weighted by Crippen LogP contribution is -2.23. The molecule has 0 saturated carbocycles. The van der Waals surface area contributed by atoms with Crippen LogP contribution in [0.3, 0.4) is 0 Å². The number of ether oxygens (including phenoxy) is 1. The molecular weight excluding hydrogens is 356 g/mol. The topological polar surface area (TPSA) is 76.8 Å². The maximum atomic E-state index is 12.2. The predicted octanol–water partition coefficient (Wildman–Crippen LogP) is 2.24. The molecule has 1 aromatic carbocycles. The molecule has 0 aliphatic rings. The standard InChI is InChI=1S/C21H20N4O3/c1-13-10-15(7-9-20(26)28-5)6-8-16(13)17-12-19-22-18(21(27)24(3)4)11-14(2)25(19)23-17/h6,8,10-12H,1-5H3. The van der Waals surface area contributed by atoms with Crippen LogP contribution >= 0.6 is 0 Å². The molecule has 7 nitrogen and oxygen atoms in total. The Labute approximate surface area is 162 Å². The first-order chi connectivity index (χ1) is 13.3. The second-order valence-corrected chi connectivity index (χ2v) is 6.55. The molecule has 1 amide bonds. The summed E-state index contributed by atoms with van der Waals surface area (Å²) in [5, 5.41) is 4.62. The minimum atomic E-state index is -0.577. The number of rotatable bonds is 2. The highest BCUT2D eigenvalue weighted by molar-refractivity contribution is 5.92. The number of nitrogens with zero attached hydrogens (tertiary/aromatic N) is 4. The number of amides is 1. The van der Waals surface area contributed by atoms with Crippen molar-refractivity contribution in [1.29, 1.82) is 0 Å². The Morgan fingerprint density at radius 3 is 2.54 bits per heavy atom. The van der Waals surface area contributed by atoms with E-state index in [1.807, 2.05) is 38.1 Å². The van der Waals surface area contributed by atoms with E-state index in [1.54, 1.807) is 24.7 Å². The highest BCUT2D eigenvalue weighted by Crippen LogP contribution is 2.24. The molecule has 0 atom stereocenters. The Morgan fingerprint density at radius 1 is 1.14 bits per heavy atom. The van der Waals surface area contributed by atoms with E-state index in [2.05, 4.69) is 26.7 Å². The lowest BCUT2D eigenvalue weighted by Gasteiger charge is -2.10. The lowest BCUT2D eigenvalue weighted by atomic mass is 10.0. The fourth-order valence-electron chi connectivity index (χ4n) is 2.80. The summed E-state index contributed by atoms with van der Waals surface area (Å²) in [6.45, 7) is 3.83. The van der Waals surface area contributed by atoms with Crippen LogP contribution in [0.5, 0.6) is 0 Å². The molecular formula is C21H20N4O3. The van der Waals surface area contributed by atoms with Gasteiger partial charge in [0.1, 0.15) is 5.69 Å². The Kier molecular flexibility index (Phi) is 5.14. The number of methoxy groups -OCH3 is 1. The number of aryl methyl sites for hydroxylation is 2. The smallest absolute Gasteiger partial charge is 0.384 e. The van der Waals surface area contributed by atoms with E-state index in [1.165, 1.54) is 12.0 Å². The molecule has 0 unspecified atom stereocenters. The number of carbonyl (C=O) groups is 2. The van der Waals surface area contributed by atoms with Crippen molar-refractivity contribution >= 4 is 17.5 Å². The van der Waals surface area contributed by atoms with Gasteiger partial charge in [-0.15, -0.1) is 0 Å². The van der Waals surface area contributed by atoms with Crippen LogP contribution in [-0.4, -0.2) is 52.6 Å². The van der Waals surface area contributed by atoms with Gasteiger partial charge >= 0.3 is 5.97 Å². The molecule has 0 saturated heterocycles. The third-order valence-corrected chi connectivity index (χ3v) is 4.23. The summed E-state index contributed by atoms with van der Waals surface area (Å²) in [5.41, 5.74) is 5.15. The molecule has 0 N–H and O–H groups in total. The van der Waals surface area contributed by atoms with Crippen molar-refractivity contribution in [1.82, 2.24) is 19.5 Å². The second kappa shape index (κ2) is 7.53. The summed E-state index contributed by atoms with van der Waals surface area (Å²) >= 11 is 0. The molecule has 3 rings (SSSR count). The van der Waals surface area contributed by atoms with Gasteiger partial charge in [0.15, 0.2) is 5.65 Å². The number of hydrogen-bond acceptors (Lipinski definition) is 5. The summed E-state index contributed by atoms with van der Waals surface area (Å²) in [6, 6.07) is 9.19. The molecule has 0 aliphatic carbocycles. The number of benzene rings is 1. The largest absolute Gasteiger partial charge is 0.459 e. The van der Waals surface area contributed by atoms with Gasteiger partial charge in [-0.1, -0.05) is 12.0 Å². The van der Waals surface area contributed by atoms with Crippen LogP contribution in [0.25, 0.3) is 16.9 Å². The van der Waals surface area contributed by atoms with Gasteiger partial charge < -0.3 is 9.64 Å². The molecule has 7 heteroatoms. The SMILES string of the molecule is COC(=O)C#Cc1ccc(-c2cc3nc(C(=O)N(C)C)cc(C)n3n2)c(C)c1. The third-order valence-electron chi connectivity index (χ3n) is 4.23. The zero-order chi connectivity index (χ0) is 20.4. The maximum absolute atomic E-state index is 12.2. The second-order valence-electron chi connectivity index (χ2n) is 6.55. The van der Waals surface area contributed by atoms with Crippen molar-refractivity contribution in [3.05, 3.63) is 52.8 Å². The fourth-order valence-corrected chi connectivity index (χ4v) is 2.80. The van der Waals surface area contributed by atoms with E-state index in [0.29, 0.717) is 16.9 Å². The Bertz CT molecular complexity index is 1150. The van der Waals surface area contributed by atoms with Crippen molar-refractivity contribution in [2.24, 2.45) is 0 Å². The van der Waals surface area contributed by atoms with Crippen molar-refractivity contribution in [2.75, 3.05) is 21.2 Å². The minimum absolute atomic E-state index is 0.155. The number of hydrogen-bond donors (Lipinski definition) is 0. The molecule has 0 radical (unpaired) electrons. The summed E-state index contributed by atoms with van der Waals surface area (Å²) in [5.74, 6) is 4.46. The quantitative estimate of drug-likeness (QED) is 0.506. The minimum Gasteiger partial charge on any atom is -0.459 e. The van der Waals surface area contributed by atoms with Crippen LogP contribution in [0.1, 0.15) is 27.3 Å². The van der Waals surface area contributed by atoms with Crippen molar-refractivity contribution in [3.8, 4) is 23.1 Å². The fraction of sp³-hybridized carbons (Fsp3) is 0.238. The van der Waals surface area contributed by atoms with Gasteiger partial charge in [-0.25, -0.2) is 14.3 Å². The molecule has 2 heterocycles. The maximum Gasteiger partial charge on any atom is 0.384 e. The average Bonchev–Trinajstić information content (AvgIpc) is 3.09. The van der Waals surface area contributed by atoms with E-state index < -0.39 is 5.97 Å². The average molecular weight is 376 g/mol. The van der Waals surface area contributed by atoms with Gasteiger partial charge in [-0.2, -0.15) is 5.10 Å². The first-order valence-corrected chi connectivity index (χ1v) is 8.60. The Balaban J connectivity index is 2.02. The monoisotopic (exact) mass is 376 g/mol. The number of fused-ring (bicyclic) bond motifs is 1. The van der Waals surface area contributed by atoms with E-state index in [9.17, 15) is 9.59 Å². The van der Waals surface area contributed by atoms with Gasteiger partial charge in [0.25, 0.3) is 5.91 Å². The van der Waals surface area contributed by atoms with Crippen LogP contribution in [0.2, 0.25) is 0 Å². The Morgan fingerprint density at radius 2 is 1.89 bits per heavy atom. The zero-order valence-electron chi connectivity index (χ0n) is 16.4. The first kappa shape index (κ1) is 19.1. The molecule has 0 bridgehead atoms. The third kappa shape index (κ3) is 3.71. The molecule has 0 aliphatic heterocycles. The predicted molar refractivity (Wildman–Crippen MR) is 105 cm³/mol. The number of aromatic nitrogens is 3. The molecule has 3 aromatic rings. The molecule has 142 valence electrons. The van der Waals surface area contributed by atoms with Crippen molar-refractivity contribution in [3.63, 3.8) is 0 Å². The molecule has 28 heavy (non-hydrogen) atoms.